The molecule has 5 N–H and O–H groups in total. The van der Waals surface area contributed by atoms with Crippen LogP contribution in [0.25, 0.3) is 0 Å². The van der Waals surface area contributed by atoms with Crippen LogP contribution in [0.2, 0.25) is 0 Å². The lowest BCUT2D eigenvalue weighted by atomic mass is 9.92. The summed E-state index contributed by atoms with van der Waals surface area (Å²) in [6.07, 6.45) is 2.85. The minimum Gasteiger partial charge on any atom is -0.465 e. The summed E-state index contributed by atoms with van der Waals surface area (Å²) in [7, 11) is 6.73. The zero-order valence-electron chi connectivity index (χ0n) is 54.0. The summed E-state index contributed by atoms with van der Waals surface area (Å²) in [4.78, 5) is 154. The standard InChI is InChI=1S/C63H97N9O15S/c1-15-41(5)56(69-62(83)63(9,10)70(11)12)61(82)71(13)49(39(2)3)36-51(60-68-48(37-88-60)59(81)66-46(34-43(7)86-38-73)35-45-23-21-40(4)22-24-45)87-55(78)33-42(6)57(79)65-44(8)58(80)67-47(50(74)20-18-30-85-32-31-84-14)19-16-17-28-64-52(75)27-29-72-53(76)25-26-54(72)77/h21-26,37-39,41-44,46-47,49,51,56H,15-20,27-36H2,1-14H3,(H,64,75)(H,65,79)(H,66,81)(H,67,80)(H,69,83)/t41?,42?,43?,44?,46-,47?,49-,51-,56+/m1/s1. The Bertz CT molecular complexity index is 2660. The molecule has 25 heteroatoms. The lowest BCUT2D eigenvalue weighted by molar-refractivity contribution is -0.154. The summed E-state index contributed by atoms with van der Waals surface area (Å²) in [5.74, 6) is -6.54. The zero-order valence-corrected chi connectivity index (χ0v) is 54.8. The molecule has 1 aliphatic rings. The largest absolute Gasteiger partial charge is 0.465 e. The molecule has 2 aromatic rings. The fourth-order valence-corrected chi connectivity index (χ4v) is 10.3. The molecule has 0 fully saturated rings. The fourth-order valence-electron chi connectivity index (χ4n) is 9.44. The van der Waals surface area contributed by atoms with Crippen LogP contribution in [0.15, 0.2) is 41.8 Å². The molecule has 2 heterocycles. The number of imide groups is 1. The second-order valence-corrected chi connectivity index (χ2v) is 24.7. The third kappa shape index (κ3) is 24.9. The minimum absolute atomic E-state index is 0.00236. The van der Waals surface area contributed by atoms with Gasteiger partial charge in [0, 0.05) is 95.1 Å². The molecule has 0 aliphatic carbocycles. The number of esters is 1. The topological polar surface area (TPSA) is 307 Å². The number of hydrogen-bond acceptors (Lipinski definition) is 18. The van der Waals surface area contributed by atoms with E-state index in [1.54, 1.807) is 58.8 Å². The first kappa shape index (κ1) is 75.3. The number of benzene rings is 1. The Morgan fingerprint density at radius 1 is 0.818 bits per heavy atom. The monoisotopic (exact) mass is 1250 g/mol. The molecular weight excluding hydrogens is 1150 g/mol. The highest BCUT2D eigenvalue weighted by molar-refractivity contribution is 7.09. The van der Waals surface area contributed by atoms with Gasteiger partial charge in [0.25, 0.3) is 24.2 Å². The molecule has 0 saturated carbocycles. The molecule has 5 unspecified atom stereocenters. The third-order valence-corrected chi connectivity index (χ3v) is 16.8. The first-order valence-corrected chi connectivity index (χ1v) is 31.3. The first-order valence-electron chi connectivity index (χ1n) is 30.4. The maximum absolute atomic E-state index is 14.7. The highest BCUT2D eigenvalue weighted by Gasteiger charge is 2.39. The molecule has 0 spiro atoms. The summed E-state index contributed by atoms with van der Waals surface area (Å²) in [5, 5.41) is 16.0. The van der Waals surface area contributed by atoms with E-state index in [4.69, 9.17) is 23.9 Å². The van der Waals surface area contributed by atoms with Gasteiger partial charge in [0.1, 0.15) is 28.9 Å². The molecule has 3 rings (SSSR count). The van der Waals surface area contributed by atoms with Crippen LogP contribution in [-0.2, 0) is 73.3 Å². The Kier molecular flexibility index (Phi) is 32.3. The maximum atomic E-state index is 14.7. The number of thiazole rings is 1. The van der Waals surface area contributed by atoms with Crippen molar-refractivity contribution in [3.05, 3.63) is 63.6 Å². The van der Waals surface area contributed by atoms with E-state index in [9.17, 15) is 52.7 Å². The van der Waals surface area contributed by atoms with Crippen LogP contribution in [0.5, 0.6) is 0 Å². The molecule has 8 amide bonds. The van der Waals surface area contributed by atoms with Crippen LogP contribution >= 0.6 is 11.3 Å². The van der Waals surface area contributed by atoms with Crippen LogP contribution in [0.3, 0.4) is 0 Å². The van der Waals surface area contributed by atoms with Gasteiger partial charge in [-0.2, -0.15) is 0 Å². The number of methoxy groups -OCH3 is 1. The summed E-state index contributed by atoms with van der Waals surface area (Å²) in [6, 6.07) is 3.70. The molecule has 490 valence electrons. The van der Waals surface area contributed by atoms with E-state index in [-0.39, 0.29) is 91.4 Å². The number of unbranched alkanes of at least 4 members (excludes halogenated alkanes) is 1. The molecule has 1 aliphatic heterocycles. The highest BCUT2D eigenvalue weighted by Crippen LogP contribution is 2.32. The molecule has 24 nitrogen and oxygen atoms in total. The van der Waals surface area contributed by atoms with Crippen molar-refractivity contribution in [1.29, 1.82) is 0 Å². The number of nitrogens with one attached hydrogen (secondary N) is 5. The van der Waals surface area contributed by atoms with E-state index in [0.29, 0.717) is 58.2 Å². The summed E-state index contributed by atoms with van der Waals surface area (Å²) in [5.41, 5.74) is 1.08. The Hall–Kier alpha value is -6.96. The van der Waals surface area contributed by atoms with Gasteiger partial charge >= 0.3 is 5.97 Å². The summed E-state index contributed by atoms with van der Waals surface area (Å²) in [6.45, 7) is 19.3. The predicted octanol–water partition coefficient (Wildman–Crippen LogP) is 4.70. The highest BCUT2D eigenvalue weighted by atomic mass is 32.1. The Morgan fingerprint density at radius 2 is 1.49 bits per heavy atom. The number of nitrogens with zero attached hydrogens (tertiary/aromatic N) is 4. The summed E-state index contributed by atoms with van der Waals surface area (Å²) < 4.78 is 21.9. The summed E-state index contributed by atoms with van der Waals surface area (Å²) >= 11 is 1.07. The number of Topliss-reactive ketones (excluding diaryl/α,β-unsaturated/α-hetero) is 1. The second kappa shape index (κ2) is 37.8. The maximum Gasteiger partial charge on any atom is 0.307 e. The van der Waals surface area contributed by atoms with Crippen molar-refractivity contribution in [1.82, 2.24) is 46.3 Å². The molecule has 0 saturated heterocycles. The lowest BCUT2D eigenvalue weighted by Crippen LogP contribution is -2.60. The quantitative estimate of drug-likeness (QED) is 0.0260. The molecule has 88 heavy (non-hydrogen) atoms. The van der Waals surface area contributed by atoms with Crippen LogP contribution in [0, 0.1) is 24.7 Å². The fraction of sp³-hybridized carbons (Fsp3) is 0.651. The van der Waals surface area contributed by atoms with Gasteiger partial charge in [0.2, 0.25) is 29.5 Å². The van der Waals surface area contributed by atoms with E-state index in [1.165, 1.54) is 19.2 Å². The average Bonchev–Trinajstić information content (AvgIpc) is 4.30. The van der Waals surface area contributed by atoms with Crippen LogP contribution in [0.1, 0.15) is 159 Å². The molecule has 9 atom stereocenters. The van der Waals surface area contributed by atoms with Gasteiger partial charge in [0.05, 0.1) is 31.2 Å². The second-order valence-electron chi connectivity index (χ2n) is 23.8. The van der Waals surface area contributed by atoms with Gasteiger partial charge in [-0.15, -0.1) is 11.3 Å². The number of ether oxygens (including phenoxy) is 4. The Labute approximate surface area is 523 Å². The van der Waals surface area contributed by atoms with Crippen molar-refractivity contribution in [3.8, 4) is 0 Å². The van der Waals surface area contributed by atoms with E-state index >= 15 is 0 Å². The smallest absolute Gasteiger partial charge is 0.307 e. The van der Waals surface area contributed by atoms with Crippen molar-refractivity contribution in [2.75, 3.05) is 61.2 Å². The number of carbonyl (C=O) groups excluding carboxylic acids is 11. The number of likely N-dealkylation sites (N-methyl/N-ethyl adjacent to an activating group) is 2. The molecule has 1 aromatic carbocycles. The van der Waals surface area contributed by atoms with Crippen molar-refractivity contribution in [3.63, 3.8) is 0 Å². The molecule has 0 radical (unpaired) electrons. The number of aromatic nitrogens is 1. The molecule has 0 bridgehead atoms. The van der Waals surface area contributed by atoms with E-state index in [2.05, 4.69) is 26.6 Å². The van der Waals surface area contributed by atoms with Crippen LogP contribution in [0.4, 0.5) is 0 Å². The van der Waals surface area contributed by atoms with E-state index in [1.807, 2.05) is 58.9 Å². The Morgan fingerprint density at radius 3 is 2.10 bits per heavy atom. The number of carbonyl (C=O) groups is 11. The predicted molar refractivity (Wildman–Crippen MR) is 331 cm³/mol. The lowest BCUT2D eigenvalue weighted by Gasteiger charge is -2.38. The van der Waals surface area contributed by atoms with Crippen molar-refractivity contribution in [2.24, 2.45) is 17.8 Å². The third-order valence-electron chi connectivity index (χ3n) is 15.9. The number of ketones is 1. The van der Waals surface area contributed by atoms with Crippen LogP contribution in [-0.4, -0.2) is 188 Å². The molecule has 1 aromatic heterocycles. The van der Waals surface area contributed by atoms with Crippen LogP contribution < -0.4 is 26.6 Å². The Balaban J connectivity index is 1.85. The SMILES string of the molecule is CCC(C)[C@H](NC(=O)C(C)(C)N(C)C)C(=O)N(C)[C@H](C[C@@H](OC(=O)CC(C)C(=O)NC(C)C(=O)NC(CCCCNC(=O)CCN1C(=O)C=CC1=O)C(=O)CCCOCCOC)c1nc(C(=O)N[C@@H](Cc2ccc(C)cc2)CC(C)OC=O)cs1)C(C)C. The number of amides is 8. The number of hydrogen-bond donors (Lipinski definition) is 5. The minimum atomic E-state index is -1.16. The van der Waals surface area contributed by atoms with Gasteiger partial charge in [-0.3, -0.25) is 62.5 Å². The van der Waals surface area contributed by atoms with Gasteiger partial charge in [-0.25, -0.2) is 4.98 Å². The average molecular weight is 1250 g/mol. The molecular formula is C63H97N9O15S. The van der Waals surface area contributed by atoms with Gasteiger partial charge < -0.3 is 50.4 Å². The van der Waals surface area contributed by atoms with Crippen molar-refractivity contribution >= 4 is 76.8 Å². The first-order chi connectivity index (χ1) is 41.5. The number of rotatable bonds is 42. The van der Waals surface area contributed by atoms with E-state index < -0.39 is 95.8 Å². The normalized spacial score (nSPS) is 15.5. The van der Waals surface area contributed by atoms with Gasteiger partial charge in [-0.05, 0) is 98.2 Å². The van der Waals surface area contributed by atoms with E-state index in [0.717, 1.165) is 39.5 Å². The van der Waals surface area contributed by atoms with Crippen molar-refractivity contribution < 1.29 is 71.7 Å². The van der Waals surface area contributed by atoms with Crippen molar-refractivity contribution in [2.45, 2.75) is 188 Å². The number of aryl methyl sites for hydroxylation is 1. The van der Waals surface area contributed by atoms with Gasteiger partial charge in [-0.1, -0.05) is 70.9 Å². The van der Waals surface area contributed by atoms with Gasteiger partial charge in [0.15, 0.2) is 11.9 Å². The zero-order chi connectivity index (χ0) is 65.8.